The van der Waals surface area contributed by atoms with E-state index in [4.69, 9.17) is 31.7 Å². The number of hydrogen-bond donors (Lipinski definition) is 4. The summed E-state index contributed by atoms with van der Waals surface area (Å²) >= 11 is 6.23. The minimum absolute atomic E-state index is 0.0250. The summed E-state index contributed by atoms with van der Waals surface area (Å²) in [6.07, 6.45) is 4.05. The van der Waals surface area contributed by atoms with E-state index in [2.05, 4.69) is 25.9 Å². The van der Waals surface area contributed by atoms with Crippen molar-refractivity contribution in [1.82, 2.24) is 20.2 Å². The first-order chi connectivity index (χ1) is 16.6. The number of amides is 1. The Hall–Kier alpha value is -3.88. The Balaban J connectivity index is 1.56. The number of hydrogen-bond acceptors (Lipinski definition) is 10. The van der Waals surface area contributed by atoms with Crippen molar-refractivity contribution in [1.29, 1.82) is 10.7 Å². The third-order valence-electron chi connectivity index (χ3n) is 4.69. The van der Waals surface area contributed by atoms with Crippen molar-refractivity contribution in [2.75, 3.05) is 50.1 Å². The van der Waals surface area contributed by atoms with E-state index in [1.165, 1.54) is 12.4 Å². The Labute approximate surface area is 202 Å². The van der Waals surface area contributed by atoms with Crippen molar-refractivity contribution in [3.05, 3.63) is 52.9 Å². The molecule has 0 spiro atoms. The van der Waals surface area contributed by atoms with Gasteiger partial charge in [0.15, 0.2) is 12.4 Å². The first-order valence-electron chi connectivity index (χ1n) is 10.5. The molecule has 3 rings (SSSR count). The van der Waals surface area contributed by atoms with Crippen molar-refractivity contribution >= 4 is 35.5 Å². The van der Waals surface area contributed by atoms with Crippen LogP contribution in [0.3, 0.4) is 0 Å². The predicted octanol–water partition coefficient (Wildman–Crippen LogP) is 2.00. The van der Waals surface area contributed by atoms with Crippen molar-refractivity contribution in [3.8, 4) is 11.8 Å². The number of nitrogens with zero attached hydrogens (tertiary/aromatic N) is 4. The van der Waals surface area contributed by atoms with Crippen LogP contribution in [0.15, 0.2) is 42.4 Å². The molecule has 1 saturated heterocycles. The molecule has 0 bridgehead atoms. The number of allylic oxidation sites excluding steroid dienone is 1. The molecular weight excluding hydrogens is 460 g/mol. The van der Waals surface area contributed by atoms with Gasteiger partial charge in [-0.05, 0) is 17.7 Å². The van der Waals surface area contributed by atoms with Gasteiger partial charge in [-0.1, -0.05) is 23.7 Å². The highest BCUT2D eigenvalue weighted by atomic mass is 35.5. The number of nitriles is 1. The van der Waals surface area contributed by atoms with Gasteiger partial charge in [-0.3, -0.25) is 4.79 Å². The molecular formula is C22H25ClN8O3. The van der Waals surface area contributed by atoms with Crippen LogP contribution in [0.1, 0.15) is 5.56 Å². The number of halogens is 1. The fourth-order valence-electron chi connectivity index (χ4n) is 3.01. The molecule has 12 heteroatoms. The highest BCUT2D eigenvalue weighted by Gasteiger charge is 2.15. The third kappa shape index (κ3) is 7.61. The van der Waals surface area contributed by atoms with Crippen LogP contribution in [0.25, 0.3) is 0 Å². The van der Waals surface area contributed by atoms with Crippen LogP contribution in [-0.2, 0) is 16.1 Å². The van der Waals surface area contributed by atoms with E-state index >= 15 is 0 Å². The van der Waals surface area contributed by atoms with E-state index in [1.807, 2.05) is 24.3 Å². The summed E-state index contributed by atoms with van der Waals surface area (Å²) in [5.74, 6) is 1.19. The van der Waals surface area contributed by atoms with E-state index in [-0.39, 0.29) is 25.0 Å². The van der Waals surface area contributed by atoms with E-state index < -0.39 is 0 Å². The maximum absolute atomic E-state index is 12.2. The van der Waals surface area contributed by atoms with Crippen molar-refractivity contribution < 1.29 is 14.3 Å². The highest BCUT2D eigenvalue weighted by Crippen LogP contribution is 2.21. The van der Waals surface area contributed by atoms with Crippen LogP contribution in [0, 0.1) is 16.7 Å². The molecule has 1 fully saturated rings. The summed E-state index contributed by atoms with van der Waals surface area (Å²) in [6.45, 7) is 2.72. The Kier molecular flexibility index (Phi) is 9.45. The van der Waals surface area contributed by atoms with Gasteiger partial charge in [-0.25, -0.2) is 4.98 Å². The monoisotopic (exact) mass is 484 g/mol. The SMILES string of the molecule is N#CCOc1cccc(CNc2nc(N/C(C=N)=C/NCC(=O)N3CCOCC3)ncc2Cl)c1. The van der Waals surface area contributed by atoms with Crippen molar-refractivity contribution in [2.45, 2.75) is 6.54 Å². The summed E-state index contributed by atoms with van der Waals surface area (Å²) in [4.78, 5) is 22.4. The zero-order chi connectivity index (χ0) is 24.2. The fourth-order valence-corrected chi connectivity index (χ4v) is 3.17. The average Bonchev–Trinajstić information content (AvgIpc) is 2.87. The number of benzene rings is 1. The number of aromatic nitrogens is 2. The molecule has 1 aromatic heterocycles. The lowest BCUT2D eigenvalue weighted by Crippen LogP contribution is -2.44. The predicted molar refractivity (Wildman–Crippen MR) is 128 cm³/mol. The van der Waals surface area contributed by atoms with E-state index in [0.717, 1.165) is 11.8 Å². The second kappa shape index (κ2) is 13.0. The lowest BCUT2D eigenvalue weighted by atomic mass is 10.2. The fraction of sp³-hybridized carbons (Fsp3) is 0.318. The van der Waals surface area contributed by atoms with Crippen LogP contribution in [-0.4, -0.2) is 66.4 Å². The summed E-state index contributed by atoms with van der Waals surface area (Å²) < 4.78 is 10.6. The second-order valence-corrected chi connectivity index (χ2v) is 7.49. The maximum atomic E-state index is 12.2. The number of morpholine rings is 1. The van der Waals surface area contributed by atoms with Crippen molar-refractivity contribution in [2.24, 2.45) is 0 Å². The number of rotatable bonds is 11. The second-order valence-electron chi connectivity index (χ2n) is 7.08. The Bertz CT molecular complexity index is 1070. The first kappa shape index (κ1) is 24.8. The Morgan fingerprint density at radius 2 is 2.21 bits per heavy atom. The van der Waals surface area contributed by atoms with Gasteiger partial charge in [0.05, 0.1) is 31.7 Å². The number of carbonyl (C=O) groups excluding carboxylic acids is 1. The number of carbonyl (C=O) groups is 1. The average molecular weight is 485 g/mol. The first-order valence-corrected chi connectivity index (χ1v) is 10.9. The van der Waals surface area contributed by atoms with Crippen molar-refractivity contribution in [3.63, 3.8) is 0 Å². The normalized spacial score (nSPS) is 13.5. The Morgan fingerprint density at radius 1 is 1.38 bits per heavy atom. The van der Waals surface area contributed by atoms with Gasteiger partial charge >= 0.3 is 0 Å². The molecule has 1 amide bonds. The molecule has 0 atom stereocenters. The largest absolute Gasteiger partial charge is 0.479 e. The molecule has 0 radical (unpaired) electrons. The molecule has 4 N–H and O–H groups in total. The molecule has 2 aromatic rings. The van der Waals surface area contributed by atoms with Gasteiger partial charge in [-0.2, -0.15) is 10.2 Å². The van der Waals surface area contributed by atoms with Crippen LogP contribution >= 0.6 is 11.6 Å². The Morgan fingerprint density at radius 3 is 2.97 bits per heavy atom. The molecule has 0 unspecified atom stereocenters. The number of anilines is 2. The summed E-state index contributed by atoms with van der Waals surface area (Å²) in [5.41, 5.74) is 1.28. The number of ether oxygens (including phenoxy) is 2. The summed E-state index contributed by atoms with van der Waals surface area (Å²) in [7, 11) is 0. The molecule has 1 aliphatic heterocycles. The lowest BCUT2D eigenvalue weighted by Gasteiger charge is -2.26. The molecule has 0 aliphatic carbocycles. The zero-order valence-corrected chi connectivity index (χ0v) is 19.1. The van der Waals surface area contributed by atoms with Crippen LogP contribution < -0.4 is 20.7 Å². The van der Waals surface area contributed by atoms with Crippen LogP contribution in [0.2, 0.25) is 5.02 Å². The minimum Gasteiger partial charge on any atom is -0.479 e. The quantitative estimate of drug-likeness (QED) is 0.351. The summed E-state index contributed by atoms with van der Waals surface area (Å²) in [5, 5.41) is 25.6. The minimum atomic E-state index is -0.0415. The van der Waals surface area contributed by atoms with Crippen LogP contribution in [0.5, 0.6) is 5.75 Å². The molecule has 1 aromatic carbocycles. The van der Waals surface area contributed by atoms with E-state index in [9.17, 15) is 4.79 Å². The lowest BCUT2D eigenvalue weighted by molar-refractivity contribution is -0.134. The van der Waals surface area contributed by atoms with Gasteiger partial charge in [0.2, 0.25) is 11.9 Å². The van der Waals surface area contributed by atoms with Gasteiger partial charge in [-0.15, -0.1) is 0 Å². The maximum Gasteiger partial charge on any atom is 0.242 e. The van der Waals surface area contributed by atoms with Gasteiger partial charge in [0, 0.05) is 32.0 Å². The number of nitrogens with one attached hydrogen (secondary N) is 4. The molecule has 178 valence electrons. The topological polar surface area (TPSA) is 148 Å². The summed E-state index contributed by atoms with van der Waals surface area (Å²) in [6, 6.07) is 9.26. The van der Waals surface area contributed by atoms with E-state index in [0.29, 0.717) is 55.1 Å². The molecule has 34 heavy (non-hydrogen) atoms. The van der Waals surface area contributed by atoms with Gasteiger partial charge < -0.3 is 35.7 Å². The zero-order valence-electron chi connectivity index (χ0n) is 18.4. The standard InChI is InChI=1S/C22H25ClN8O3/c23-19-14-28-22(29-17(11-25)13-26-15-20(32)31-5-8-33-9-6-31)30-21(19)27-12-16-2-1-3-18(10-16)34-7-4-24/h1-3,10-11,13-14,25-26H,5-9,12,15H2,(H2,27,28,29,30)/b17-13+,25-11?. The molecule has 2 heterocycles. The molecule has 1 aliphatic rings. The molecule has 0 saturated carbocycles. The van der Waals surface area contributed by atoms with Gasteiger partial charge in [0.1, 0.15) is 16.8 Å². The third-order valence-corrected chi connectivity index (χ3v) is 4.97. The van der Waals surface area contributed by atoms with E-state index in [1.54, 1.807) is 11.0 Å². The highest BCUT2D eigenvalue weighted by molar-refractivity contribution is 6.32. The van der Waals surface area contributed by atoms with Crippen LogP contribution in [0.4, 0.5) is 11.8 Å². The molecule has 11 nitrogen and oxygen atoms in total. The smallest absolute Gasteiger partial charge is 0.242 e. The van der Waals surface area contributed by atoms with Gasteiger partial charge in [0.25, 0.3) is 0 Å².